The zero-order valence-corrected chi connectivity index (χ0v) is 20.0. The van der Waals surface area contributed by atoms with E-state index in [9.17, 15) is 14.4 Å². The van der Waals surface area contributed by atoms with Crippen molar-refractivity contribution in [2.45, 2.75) is 26.2 Å². The standard InChI is InChI=1S/C25H31N3O6/c1-5-6-11-28-15-17(12-22(28)29)25(31)26-18-9-7-16(8-10-18)24(30)27-19-13-20(32-2)23(34-4)21(14-19)33-3/h7-10,13-14,17H,5-6,11-12,15H2,1-4H3,(H,26,31)(H,27,30)/t17-/m0/s1. The van der Waals surface area contributed by atoms with Gasteiger partial charge in [-0.05, 0) is 30.7 Å². The smallest absolute Gasteiger partial charge is 0.255 e. The predicted molar refractivity (Wildman–Crippen MR) is 129 cm³/mol. The largest absolute Gasteiger partial charge is 0.493 e. The van der Waals surface area contributed by atoms with Crippen molar-refractivity contribution >= 4 is 29.1 Å². The zero-order chi connectivity index (χ0) is 24.7. The lowest BCUT2D eigenvalue weighted by Crippen LogP contribution is -2.29. The number of nitrogens with zero attached hydrogens (tertiary/aromatic N) is 1. The third-order valence-corrected chi connectivity index (χ3v) is 5.70. The van der Waals surface area contributed by atoms with Gasteiger partial charge < -0.3 is 29.7 Å². The Morgan fingerprint density at radius 1 is 0.971 bits per heavy atom. The average Bonchev–Trinajstić information content (AvgIpc) is 3.22. The molecule has 0 saturated carbocycles. The van der Waals surface area contributed by atoms with Crippen LogP contribution in [0.1, 0.15) is 36.5 Å². The van der Waals surface area contributed by atoms with Crippen LogP contribution in [0, 0.1) is 5.92 Å². The second-order valence-electron chi connectivity index (χ2n) is 8.03. The maximum absolute atomic E-state index is 12.7. The molecule has 0 unspecified atom stereocenters. The number of nitrogens with one attached hydrogen (secondary N) is 2. The van der Waals surface area contributed by atoms with Gasteiger partial charge in [-0.15, -0.1) is 0 Å². The summed E-state index contributed by atoms with van der Waals surface area (Å²) >= 11 is 0. The van der Waals surface area contributed by atoms with Gasteiger partial charge in [-0.1, -0.05) is 13.3 Å². The number of ether oxygens (including phenoxy) is 3. The highest BCUT2D eigenvalue weighted by molar-refractivity contribution is 6.05. The average molecular weight is 470 g/mol. The van der Waals surface area contributed by atoms with Gasteiger partial charge in [-0.2, -0.15) is 0 Å². The van der Waals surface area contributed by atoms with E-state index in [0.29, 0.717) is 47.3 Å². The van der Waals surface area contributed by atoms with Crippen molar-refractivity contribution in [1.82, 2.24) is 4.90 Å². The summed E-state index contributed by atoms with van der Waals surface area (Å²) in [6.45, 7) is 3.20. The highest BCUT2D eigenvalue weighted by Gasteiger charge is 2.33. The van der Waals surface area contributed by atoms with Gasteiger partial charge in [0.15, 0.2) is 11.5 Å². The minimum Gasteiger partial charge on any atom is -0.493 e. The van der Waals surface area contributed by atoms with E-state index in [-0.39, 0.29) is 30.1 Å². The number of amides is 3. The van der Waals surface area contributed by atoms with Crippen molar-refractivity contribution in [3.63, 3.8) is 0 Å². The third-order valence-electron chi connectivity index (χ3n) is 5.70. The number of anilines is 2. The fourth-order valence-corrected chi connectivity index (χ4v) is 3.82. The molecule has 3 amide bonds. The first-order chi connectivity index (χ1) is 16.4. The summed E-state index contributed by atoms with van der Waals surface area (Å²) < 4.78 is 15.9. The monoisotopic (exact) mass is 469 g/mol. The summed E-state index contributed by atoms with van der Waals surface area (Å²) in [6, 6.07) is 9.84. The van der Waals surface area contributed by atoms with Crippen LogP contribution >= 0.6 is 0 Å². The van der Waals surface area contributed by atoms with Crippen LogP contribution < -0.4 is 24.8 Å². The molecule has 1 fully saturated rings. The molecular formula is C25H31N3O6. The Kier molecular flexibility index (Phi) is 8.34. The number of benzene rings is 2. The minimum atomic E-state index is -0.368. The van der Waals surface area contributed by atoms with E-state index in [2.05, 4.69) is 17.6 Å². The van der Waals surface area contributed by atoms with Crippen LogP contribution in [0.2, 0.25) is 0 Å². The molecule has 1 saturated heterocycles. The van der Waals surface area contributed by atoms with Crippen LogP contribution in [0.5, 0.6) is 17.2 Å². The van der Waals surface area contributed by atoms with E-state index in [0.717, 1.165) is 12.8 Å². The molecule has 3 rings (SSSR count). The normalized spacial score (nSPS) is 15.1. The highest BCUT2D eigenvalue weighted by atomic mass is 16.5. The lowest BCUT2D eigenvalue weighted by atomic mass is 10.1. The van der Waals surface area contributed by atoms with Gasteiger partial charge in [0.1, 0.15) is 0 Å². The van der Waals surface area contributed by atoms with Crippen molar-refractivity contribution in [3.8, 4) is 17.2 Å². The number of carbonyl (C=O) groups is 3. The molecule has 2 aromatic carbocycles. The summed E-state index contributed by atoms with van der Waals surface area (Å²) in [5, 5.41) is 5.65. The van der Waals surface area contributed by atoms with Crippen molar-refractivity contribution in [1.29, 1.82) is 0 Å². The van der Waals surface area contributed by atoms with Gasteiger partial charge in [0.25, 0.3) is 5.91 Å². The Labute approximate surface area is 199 Å². The van der Waals surface area contributed by atoms with E-state index >= 15 is 0 Å². The highest BCUT2D eigenvalue weighted by Crippen LogP contribution is 2.40. The van der Waals surface area contributed by atoms with Crippen molar-refractivity contribution in [2.75, 3.05) is 45.1 Å². The summed E-state index contributed by atoms with van der Waals surface area (Å²) in [7, 11) is 4.51. The first-order valence-corrected chi connectivity index (χ1v) is 11.2. The topological polar surface area (TPSA) is 106 Å². The second kappa shape index (κ2) is 11.4. The first-order valence-electron chi connectivity index (χ1n) is 11.2. The Hall–Kier alpha value is -3.75. The molecule has 9 heteroatoms. The van der Waals surface area contributed by atoms with Crippen LogP contribution in [0.4, 0.5) is 11.4 Å². The van der Waals surface area contributed by atoms with Gasteiger partial charge in [-0.3, -0.25) is 14.4 Å². The third kappa shape index (κ3) is 5.78. The summed E-state index contributed by atoms with van der Waals surface area (Å²) in [5.41, 5.74) is 1.46. The van der Waals surface area contributed by atoms with Crippen molar-refractivity contribution in [3.05, 3.63) is 42.0 Å². The van der Waals surface area contributed by atoms with Gasteiger partial charge in [0, 0.05) is 48.6 Å². The molecule has 2 aromatic rings. The van der Waals surface area contributed by atoms with Gasteiger partial charge in [-0.25, -0.2) is 0 Å². The maximum Gasteiger partial charge on any atom is 0.255 e. The van der Waals surface area contributed by atoms with E-state index in [1.165, 1.54) is 21.3 Å². The van der Waals surface area contributed by atoms with E-state index in [1.54, 1.807) is 41.3 Å². The Morgan fingerprint density at radius 2 is 1.62 bits per heavy atom. The molecule has 0 spiro atoms. The molecule has 182 valence electrons. The Morgan fingerprint density at radius 3 is 2.18 bits per heavy atom. The Balaban J connectivity index is 1.62. The summed E-state index contributed by atoms with van der Waals surface area (Å²) in [5.74, 6) is 0.408. The molecule has 34 heavy (non-hydrogen) atoms. The lowest BCUT2D eigenvalue weighted by Gasteiger charge is -2.16. The molecule has 1 aliphatic rings. The fraction of sp³-hybridized carbons (Fsp3) is 0.400. The summed E-state index contributed by atoms with van der Waals surface area (Å²) in [4.78, 5) is 39.2. The van der Waals surface area contributed by atoms with Crippen LogP contribution in [-0.2, 0) is 9.59 Å². The molecule has 2 N–H and O–H groups in total. The fourth-order valence-electron chi connectivity index (χ4n) is 3.82. The molecule has 0 aliphatic carbocycles. The second-order valence-corrected chi connectivity index (χ2v) is 8.03. The quantitative estimate of drug-likeness (QED) is 0.551. The van der Waals surface area contributed by atoms with Gasteiger partial charge in [0.2, 0.25) is 17.6 Å². The molecule has 9 nitrogen and oxygen atoms in total. The number of hydrogen-bond acceptors (Lipinski definition) is 6. The van der Waals surface area contributed by atoms with Crippen LogP contribution in [0.15, 0.2) is 36.4 Å². The van der Waals surface area contributed by atoms with Crippen LogP contribution in [0.25, 0.3) is 0 Å². The maximum atomic E-state index is 12.7. The minimum absolute atomic E-state index is 0.0208. The van der Waals surface area contributed by atoms with E-state index in [4.69, 9.17) is 14.2 Å². The van der Waals surface area contributed by atoms with Gasteiger partial charge in [0.05, 0.1) is 27.2 Å². The number of rotatable bonds is 10. The number of carbonyl (C=O) groups excluding carboxylic acids is 3. The molecule has 1 aliphatic heterocycles. The molecule has 1 heterocycles. The van der Waals surface area contributed by atoms with Crippen LogP contribution in [-0.4, -0.2) is 57.0 Å². The Bertz CT molecular complexity index is 1010. The van der Waals surface area contributed by atoms with Gasteiger partial charge >= 0.3 is 0 Å². The molecular weight excluding hydrogens is 438 g/mol. The van der Waals surface area contributed by atoms with Crippen molar-refractivity contribution < 1.29 is 28.6 Å². The molecule has 0 aromatic heterocycles. The number of hydrogen-bond donors (Lipinski definition) is 2. The van der Waals surface area contributed by atoms with E-state index in [1.807, 2.05) is 0 Å². The summed E-state index contributed by atoms with van der Waals surface area (Å²) in [6.07, 6.45) is 2.16. The number of likely N-dealkylation sites (tertiary alicyclic amines) is 1. The SMILES string of the molecule is CCCCN1C[C@@H](C(=O)Nc2ccc(C(=O)Nc3cc(OC)c(OC)c(OC)c3)cc2)CC1=O. The zero-order valence-electron chi connectivity index (χ0n) is 20.0. The predicted octanol–water partition coefficient (Wildman–Crippen LogP) is 3.55. The molecule has 0 bridgehead atoms. The lowest BCUT2D eigenvalue weighted by molar-refractivity contribution is -0.128. The van der Waals surface area contributed by atoms with Crippen LogP contribution in [0.3, 0.4) is 0 Å². The van der Waals surface area contributed by atoms with Crippen molar-refractivity contribution in [2.24, 2.45) is 5.92 Å². The first kappa shape index (κ1) is 24.9. The number of methoxy groups -OCH3 is 3. The van der Waals surface area contributed by atoms with E-state index < -0.39 is 0 Å². The molecule has 1 atom stereocenters. The number of unbranched alkanes of at least 4 members (excludes halogenated alkanes) is 1. The molecule has 0 radical (unpaired) electrons.